The number of pyridine rings is 1. The molecule has 3 aliphatic rings. The zero-order valence-electron chi connectivity index (χ0n) is 22.3. The number of nitrogens with two attached hydrogens (primary N) is 1. The number of piperidine rings is 2. The topological polar surface area (TPSA) is 128 Å². The van der Waals surface area contributed by atoms with Crippen LogP contribution in [0.15, 0.2) is 24.4 Å². The van der Waals surface area contributed by atoms with Gasteiger partial charge in [0.05, 0.1) is 27.5 Å². The third kappa shape index (κ3) is 4.41. The average Bonchev–Trinajstić information content (AvgIpc) is 3.42. The number of carbonyl (C=O) groups excluding carboxylic acids is 2. The highest BCUT2D eigenvalue weighted by atomic mass is 16.3. The normalized spacial score (nSPS) is 23.6. The number of rotatable bonds is 5. The summed E-state index contributed by atoms with van der Waals surface area (Å²) in [5.74, 6) is 0.886. The smallest absolute Gasteiger partial charge is 0.252 e. The van der Waals surface area contributed by atoms with Crippen LogP contribution in [-0.2, 0) is 4.79 Å². The van der Waals surface area contributed by atoms with Crippen LogP contribution in [0.2, 0.25) is 0 Å². The summed E-state index contributed by atoms with van der Waals surface area (Å²) in [6.45, 7) is 8.50. The number of primary amides is 1. The lowest BCUT2D eigenvalue weighted by Crippen LogP contribution is -2.47. The highest BCUT2D eigenvalue weighted by Gasteiger charge is 2.45. The molecule has 1 aromatic carbocycles. The van der Waals surface area contributed by atoms with Crippen molar-refractivity contribution in [3.8, 4) is 0 Å². The quantitative estimate of drug-likeness (QED) is 0.411. The molecule has 38 heavy (non-hydrogen) atoms. The molecule has 3 aliphatic heterocycles. The molecule has 1 spiro atoms. The Morgan fingerprint density at radius 3 is 2.71 bits per heavy atom. The van der Waals surface area contributed by atoms with E-state index in [1.165, 1.54) is 5.56 Å². The van der Waals surface area contributed by atoms with Gasteiger partial charge in [-0.3, -0.25) is 9.59 Å². The first-order chi connectivity index (χ1) is 18.1. The summed E-state index contributed by atoms with van der Waals surface area (Å²) in [7, 11) is 0. The van der Waals surface area contributed by atoms with E-state index >= 15 is 0 Å². The number of likely N-dealkylation sites (tertiary alicyclic amines) is 1. The molecule has 0 aliphatic carbocycles. The molecule has 3 fully saturated rings. The molecule has 3 saturated heterocycles. The maximum Gasteiger partial charge on any atom is 0.252 e. The molecule has 5 N–H and O–H groups in total. The Kier molecular flexibility index (Phi) is 6.11. The maximum absolute atomic E-state index is 12.7. The lowest BCUT2D eigenvalue weighted by Gasteiger charge is -2.39. The molecule has 2 aromatic heterocycles. The van der Waals surface area contributed by atoms with Crippen molar-refractivity contribution in [2.75, 3.05) is 44.2 Å². The molecular formula is C29H38N6O3. The number of amides is 2. The monoisotopic (exact) mass is 518 g/mol. The van der Waals surface area contributed by atoms with Gasteiger partial charge in [0.1, 0.15) is 5.82 Å². The lowest BCUT2D eigenvalue weighted by atomic mass is 9.78. The van der Waals surface area contributed by atoms with E-state index in [2.05, 4.69) is 38.3 Å². The molecule has 5 heterocycles. The highest BCUT2D eigenvalue weighted by molar-refractivity contribution is 6.18. The molecule has 1 atom stereocenters. The van der Waals surface area contributed by atoms with Crippen LogP contribution in [0.25, 0.3) is 21.8 Å². The summed E-state index contributed by atoms with van der Waals surface area (Å²) >= 11 is 0. The number of aliphatic hydroxyl groups is 1. The third-order valence-electron chi connectivity index (χ3n) is 8.81. The van der Waals surface area contributed by atoms with Gasteiger partial charge in [0.25, 0.3) is 5.91 Å². The Bertz CT molecular complexity index is 1400. The van der Waals surface area contributed by atoms with Gasteiger partial charge in [0.2, 0.25) is 5.91 Å². The minimum atomic E-state index is -0.685. The van der Waals surface area contributed by atoms with Gasteiger partial charge in [-0.2, -0.15) is 0 Å². The van der Waals surface area contributed by atoms with Crippen LogP contribution in [0.5, 0.6) is 0 Å². The lowest BCUT2D eigenvalue weighted by molar-refractivity contribution is -0.128. The fourth-order valence-corrected chi connectivity index (χ4v) is 6.97. The number of β-amino-alcohol motifs (C(OH)–C–C–N with tert-alkyl or cyclic N) is 1. The van der Waals surface area contributed by atoms with E-state index in [1.807, 2.05) is 13.8 Å². The summed E-state index contributed by atoms with van der Waals surface area (Å²) in [4.78, 5) is 37.9. The van der Waals surface area contributed by atoms with Crippen molar-refractivity contribution in [3.05, 3.63) is 35.5 Å². The number of nitrogens with zero attached hydrogens (tertiary/aromatic N) is 3. The van der Waals surface area contributed by atoms with E-state index in [0.717, 1.165) is 80.4 Å². The van der Waals surface area contributed by atoms with E-state index < -0.39 is 11.5 Å². The largest absolute Gasteiger partial charge is 0.389 e. The number of benzene rings is 1. The predicted molar refractivity (Wildman–Crippen MR) is 148 cm³/mol. The Morgan fingerprint density at radius 2 is 2.03 bits per heavy atom. The molecule has 0 bridgehead atoms. The fraction of sp³-hybridized carbons (Fsp3) is 0.552. The van der Waals surface area contributed by atoms with E-state index in [1.54, 1.807) is 6.20 Å². The number of fused-ring (bicyclic) bond motifs is 3. The fourth-order valence-electron chi connectivity index (χ4n) is 6.97. The molecular weight excluding hydrogens is 480 g/mol. The van der Waals surface area contributed by atoms with Crippen LogP contribution < -0.4 is 16.0 Å². The number of aromatic amines is 1. The highest BCUT2D eigenvalue weighted by Crippen LogP contribution is 2.42. The second-order valence-corrected chi connectivity index (χ2v) is 12.2. The van der Waals surface area contributed by atoms with Gasteiger partial charge in [0, 0.05) is 43.3 Å². The molecule has 2 amide bonds. The Balaban J connectivity index is 1.35. The van der Waals surface area contributed by atoms with Crippen LogP contribution in [-0.4, -0.2) is 76.7 Å². The van der Waals surface area contributed by atoms with Gasteiger partial charge in [0.15, 0.2) is 0 Å². The second-order valence-electron chi connectivity index (χ2n) is 12.2. The van der Waals surface area contributed by atoms with E-state index in [0.29, 0.717) is 30.1 Å². The van der Waals surface area contributed by atoms with Crippen molar-refractivity contribution in [2.45, 2.75) is 57.5 Å². The molecule has 3 aromatic rings. The maximum atomic E-state index is 12.7. The van der Waals surface area contributed by atoms with Gasteiger partial charge in [-0.15, -0.1) is 0 Å². The van der Waals surface area contributed by atoms with E-state index in [4.69, 9.17) is 10.7 Å². The van der Waals surface area contributed by atoms with Crippen LogP contribution in [0.4, 0.5) is 5.82 Å². The second kappa shape index (κ2) is 9.24. The number of hydrogen-bond donors (Lipinski definition) is 4. The van der Waals surface area contributed by atoms with Gasteiger partial charge in [-0.25, -0.2) is 4.98 Å². The van der Waals surface area contributed by atoms with Gasteiger partial charge in [-0.1, -0.05) is 12.1 Å². The zero-order valence-corrected chi connectivity index (χ0v) is 22.3. The first kappa shape index (κ1) is 25.1. The molecule has 6 rings (SSSR count). The molecule has 0 unspecified atom stereocenters. The van der Waals surface area contributed by atoms with Crippen molar-refractivity contribution in [1.29, 1.82) is 0 Å². The first-order valence-corrected chi connectivity index (χ1v) is 13.9. The van der Waals surface area contributed by atoms with Crippen molar-refractivity contribution < 1.29 is 14.7 Å². The summed E-state index contributed by atoms with van der Waals surface area (Å²) in [5, 5.41) is 15.1. The predicted octanol–water partition coefficient (Wildman–Crippen LogP) is 2.87. The summed E-state index contributed by atoms with van der Waals surface area (Å²) < 4.78 is 0. The van der Waals surface area contributed by atoms with Crippen LogP contribution in [0.1, 0.15) is 67.8 Å². The Hall–Kier alpha value is -3.17. The van der Waals surface area contributed by atoms with Crippen LogP contribution in [0.3, 0.4) is 0 Å². The van der Waals surface area contributed by atoms with Gasteiger partial charge >= 0.3 is 0 Å². The number of hydrogen-bond acceptors (Lipinski definition) is 6. The zero-order chi connectivity index (χ0) is 26.7. The minimum absolute atomic E-state index is 0.143. The number of carbonyl (C=O) groups is 2. The van der Waals surface area contributed by atoms with Crippen LogP contribution in [0, 0.1) is 5.41 Å². The number of H-pyrrole nitrogens is 1. The number of nitrogens with one attached hydrogen (secondary N) is 2. The molecule has 9 heteroatoms. The molecule has 202 valence electrons. The van der Waals surface area contributed by atoms with Gasteiger partial charge < -0.3 is 30.9 Å². The number of aromatic nitrogens is 2. The standard InChI is InChI=1S/C29H38N6O3/c1-28(2,38)16-34-12-6-18(7-13-34)19-4-5-20-22(14-19)33-24-21(25(30)36)15-32-26(23(20)24)35-11-3-8-29(17-35)9-10-31-27(29)37/h4-5,14-15,18,33,38H,3,6-13,16-17H2,1-2H3,(H2,30,36)(H,31,37)/t29-/m1/s1. The minimum Gasteiger partial charge on any atom is -0.389 e. The van der Waals surface area contributed by atoms with Crippen molar-refractivity contribution in [2.24, 2.45) is 11.1 Å². The summed E-state index contributed by atoms with van der Waals surface area (Å²) in [5.41, 5.74) is 8.05. The van der Waals surface area contributed by atoms with Crippen LogP contribution >= 0.6 is 0 Å². The summed E-state index contributed by atoms with van der Waals surface area (Å²) in [6, 6.07) is 6.56. The molecule has 0 saturated carbocycles. The SMILES string of the molecule is CC(C)(O)CN1CCC(c2ccc3c(c2)[nH]c2c(C(N)=O)cnc(N4CCC[C@@]5(CCNC5=O)C4)c23)CC1. The van der Waals surface area contributed by atoms with Crippen molar-refractivity contribution >= 4 is 39.4 Å². The average molecular weight is 519 g/mol. The first-order valence-electron chi connectivity index (χ1n) is 13.9. The van der Waals surface area contributed by atoms with E-state index in [-0.39, 0.29) is 11.3 Å². The summed E-state index contributed by atoms with van der Waals surface area (Å²) in [6.07, 6.45) is 6.32. The molecule has 0 radical (unpaired) electrons. The molecule has 9 nitrogen and oxygen atoms in total. The number of anilines is 1. The van der Waals surface area contributed by atoms with Crippen molar-refractivity contribution in [3.63, 3.8) is 0 Å². The Morgan fingerprint density at radius 1 is 1.24 bits per heavy atom. The third-order valence-corrected chi connectivity index (χ3v) is 8.81. The van der Waals surface area contributed by atoms with Crippen molar-refractivity contribution in [1.82, 2.24) is 20.2 Å². The Labute approximate surface area is 222 Å². The van der Waals surface area contributed by atoms with Gasteiger partial charge in [-0.05, 0) is 76.6 Å². The van der Waals surface area contributed by atoms with E-state index in [9.17, 15) is 14.7 Å².